The SMILES string of the molecule is CC(C(=O)NCc1cc(C(C)(C)C)nn1-c1cccc(F)c1)c1cn(C)c2ccc(O)cc12. The Morgan fingerprint density at radius 1 is 1.18 bits per heavy atom. The third-order valence-corrected chi connectivity index (χ3v) is 5.91. The maximum Gasteiger partial charge on any atom is 0.227 e. The van der Waals surface area contributed by atoms with E-state index in [0.29, 0.717) is 5.69 Å². The summed E-state index contributed by atoms with van der Waals surface area (Å²) < 4.78 is 17.5. The molecule has 0 radical (unpaired) electrons. The van der Waals surface area contributed by atoms with Crippen molar-refractivity contribution < 1.29 is 14.3 Å². The molecule has 172 valence electrons. The van der Waals surface area contributed by atoms with Crippen molar-refractivity contribution in [3.63, 3.8) is 0 Å². The maximum absolute atomic E-state index is 13.9. The summed E-state index contributed by atoms with van der Waals surface area (Å²) >= 11 is 0. The Kier molecular flexibility index (Phi) is 5.74. The summed E-state index contributed by atoms with van der Waals surface area (Å²) in [5.41, 5.74) is 3.81. The highest BCUT2D eigenvalue weighted by atomic mass is 19.1. The van der Waals surface area contributed by atoms with Crippen molar-refractivity contribution >= 4 is 16.8 Å². The third kappa shape index (κ3) is 4.49. The van der Waals surface area contributed by atoms with Gasteiger partial charge in [-0.3, -0.25) is 4.79 Å². The molecule has 1 atom stereocenters. The standard InChI is InChI=1S/C26H29FN4O2/c1-16(22-15-30(5)23-10-9-20(32)13-21(22)23)25(33)28-14-19-12-24(26(2,3)4)29-31(19)18-8-6-7-17(27)11-18/h6-13,15-16,32H,14H2,1-5H3,(H,28,33). The number of aromatic hydroxyl groups is 1. The fraction of sp³-hybridized carbons (Fsp3) is 0.308. The van der Waals surface area contributed by atoms with E-state index in [9.17, 15) is 14.3 Å². The van der Waals surface area contributed by atoms with E-state index in [4.69, 9.17) is 5.10 Å². The van der Waals surface area contributed by atoms with E-state index in [1.165, 1.54) is 12.1 Å². The molecule has 0 spiro atoms. The predicted octanol–water partition coefficient (Wildman–Crippen LogP) is 4.93. The fourth-order valence-corrected chi connectivity index (χ4v) is 3.97. The van der Waals surface area contributed by atoms with Gasteiger partial charge in [-0.25, -0.2) is 9.07 Å². The van der Waals surface area contributed by atoms with Gasteiger partial charge in [-0.2, -0.15) is 5.10 Å². The summed E-state index contributed by atoms with van der Waals surface area (Å²) in [4.78, 5) is 13.1. The van der Waals surface area contributed by atoms with Crippen LogP contribution < -0.4 is 5.32 Å². The number of fused-ring (bicyclic) bond motifs is 1. The highest BCUT2D eigenvalue weighted by Crippen LogP contribution is 2.30. The molecule has 6 nitrogen and oxygen atoms in total. The van der Waals surface area contributed by atoms with Crippen molar-refractivity contribution in [3.8, 4) is 11.4 Å². The molecule has 4 aromatic rings. The number of amides is 1. The van der Waals surface area contributed by atoms with Gasteiger partial charge in [0.2, 0.25) is 5.91 Å². The Hall–Kier alpha value is -3.61. The van der Waals surface area contributed by atoms with Crippen LogP contribution in [0.2, 0.25) is 0 Å². The predicted molar refractivity (Wildman–Crippen MR) is 127 cm³/mol. The molecule has 2 N–H and O–H groups in total. The first-order valence-electron chi connectivity index (χ1n) is 11.0. The van der Waals surface area contributed by atoms with Gasteiger partial charge in [-0.15, -0.1) is 0 Å². The van der Waals surface area contributed by atoms with Gasteiger partial charge in [0.15, 0.2) is 0 Å². The molecule has 2 aromatic heterocycles. The van der Waals surface area contributed by atoms with Crippen LogP contribution in [0.4, 0.5) is 4.39 Å². The van der Waals surface area contributed by atoms with Crippen LogP contribution in [0.3, 0.4) is 0 Å². The molecule has 2 heterocycles. The first-order valence-corrected chi connectivity index (χ1v) is 11.0. The second-order valence-electron chi connectivity index (χ2n) is 9.50. The lowest BCUT2D eigenvalue weighted by atomic mass is 9.92. The van der Waals surface area contributed by atoms with Gasteiger partial charge < -0.3 is 15.0 Å². The van der Waals surface area contributed by atoms with Gasteiger partial charge in [0.05, 0.1) is 29.5 Å². The van der Waals surface area contributed by atoms with Crippen molar-refractivity contribution in [3.05, 3.63) is 77.5 Å². The number of rotatable bonds is 5. The zero-order valence-electron chi connectivity index (χ0n) is 19.6. The van der Waals surface area contributed by atoms with E-state index < -0.39 is 5.92 Å². The van der Waals surface area contributed by atoms with Crippen molar-refractivity contribution in [2.45, 2.75) is 45.6 Å². The summed E-state index contributed by atoms with van der Waals surface area (Å²) in [6.45, 7) is 8.28. The summed E-state index contributed by atoms with van der Waals surface area (Å²) in [6, 6.07) is 13.4. The number of aryl methyl sites for hydroxylation is 1. The number of phenols is 1. The van der Waals surface area contributed by atoms with Crippen LogP contribution in [0.1, 0.15) is 50.6 Å². The second-order valence-corrected chi connectivity index (χ2v) is 9.50. The number of carbonyl (C=O) groups excluding carboxylic acids is 1. The van der Waals surface area contributed by atoms with Gasteiger partial charge in [0, 0.05) is 29.6 Å². The number of carbonyl (C=O) groups is 1. The molecule has 2 aromatic carbocycles. The maximum atomic E-state index is 13.9. The molecule has 0 saturated heterocycles. The average Bonchev–Trinajstić information content (AvgIpc) is 3.33. The molecular weight excluding hydrogens is 419 g/mol. The summed E-state index contributed by atoms with van der Waals surface area (Å²) in [5.74, 6) is -0.752. The molecule has 0 saturated carbocycles. The lowest BCUT2D eigenvalue weighted by molar-refractivity contribution is -0.122. The van der Waals surface area contributed by atoms with Crippen LogP contribution in [0, 0.1) is 5.82 Å². The van der Waals surface area contributed by atoms with Crippen LogP contribution in [0.25, 0.3) is 16.6 Å². The van der Waals surface area contributed by atoms with E-state index >= 15 is 0 Å². The van der Waals surface area contributed by atoms with Gasteiger partial charge in [-0.1, -0.05) is 26.8 Å². The number of phenolic OH excluding ortho intramolecular Hbond substituents is 1. The zero-order valence-corrected chi connectivity index (χ0v) is 19.6. The van der Waals surface area contributed by atoms with E-state index in [1.54, 1.807) is 28.9 Å². The van der Waals surface area contributed by atoms with Crippen LogP contribution in [0.5, 0.6) is 5.75 Å². The number of nitrogens with one attached hydrogen (secondary N) is 1. The Bertz CT molecular complexity index is 1330. The Labute approximate surface area is 192 Å². The summed E-state index contributed by atoms with van der Waals surface area (Å²) in [7, 11) is 1.92. The van der Waals surface area contributed by atoms with Crippen molar-refractivity contribution in [1.29, 1.82) is 0 Å². The van der Waals surface area contributed by atoms with Crippen molar-refractivity contribution in [2.24, 2.45) is 7.05 Å². The summed E-state index contributed by atoms with van der Waals surface area (Å²) in [5, 5.41) is 18.5. The third-order valence-electron chi connectivity index (χ3n) is 5.91. The number of halogens is 1. The van der Waals surface area contributed by atoms with Crippen molar-refractivity contribution in [1.82, 2.24) is 19.7 Å². The van der Waals surface area contributed by atoms with Crippen molar-refractivity contribution in [2.75, 3.05) is 0 Å². The fourth-order valence-electron chi connectivity index (χ4n) is 3.97. The lowest BCUT2D eigenvalue weighted by Crippen LogP contribution is -2.28. The van der Waals surface area contributed by atoms with Gasteiger partial charge in [-0.05, 0) is 55.0 Å². The average molecular weight is 449 g/mol. The summed E-state index contributed by atoms with van der Waals surface area (Å²) in [6.07, 6.45) is 1.92. The molecule has 1 amide bonds. The molecule has 0 aliphatic heterocycles. The lowest BCUT2D eigenvalue weighted by Gasteiger charge is -2.14. The molecule has 1 unspecified atom stereocenters. The van der Waals surface area contributed by atoms with Crippen LogP contribution in [-0.4, -0.2) is 25.4 Å². The monoisotopic (exact) mass is 448 g/mol. The zero-order chi connectivity index (χ0) is 23.9. The Balaban J connectivity index is 1.61. The highest BCUT2D eigenvalue weighted by Gasteiger charge is 2.23. The normalized spacial score (nSPS) is 12.8. The number of hydrogen-bond acceptors (Lipinski definition) is 3. The molecular formula is C26H29FN4O2. The molecule has 0 bridgehead atoms. The Morgan fingerprint density at radius 3 is 2.64 bits per heavy atom. The van der Waals surface area contributed by atoms with Gasteiger partial charge in [0.1, 0.15) is 11.6 Å². The smallest absolute Gasteiger partial charge is 0.227 e. The minimum absolute atomic E-state index is 0.143. The molecule has 7 heteroatoms. The second kappa shape index (κ2) is 8.39. The van der Waals surface area contributed by atoms with E-state index in [1.807, 2.05) is 36.9 Å². The highest BCUT2D eigenvalue weighted by molar-refractivity contribution is 5.92. The first kappa shape index (κ1) is 22.6. The minimum Gasteiger partial charge on any atom is -0.508 e. The molecule has 0 fully saturated rings. The topological polar surface area (TPSA) is 72.1 Å². The number of nitrogens with zero attached hydrogens (tertiary/aromatic N) is 3. The quantitative estimate of drug-likeness (QED) is 0.455. The first-order chi connectivity index (χ1) is 15.5. The van der Waals surface area contributed by atoms with Crippen LogP contribution >= 0.6 is 0 Å². The number of benzene rings is 2. The van der Waals surface area contributed by atoms with Gasteiger partial charge >= 0.3 is 0 Å². The number of hydrogen-bond donors (Lipinski definition) is 2. The molecule has 33 heavy (non-hydrogen) atoms. The largest absolute Gasteiger partial charge is 0.508 e. The van der Waals surface area contributed by atoms with E-state index in [0.717, 1.165) is 27.9 Å². The molecule has 0 aliphatic carbocycles. The van der Waals surface area contributed by atoms with Crippen LogP contribution in [0.15, 0.2) is 54.7 Å². The van der Waals surface area contributed by atoms with E-state index in [2.05, 4.69) is 26.1 Å². The Morgan fingerprint density at radius 2 is 1.94 bits per heavy atom. The van der Waals surface area contributed by atoms with Gasteiger partial charge in [0.25, 0.3) is 0 Å². The number of aromatic nitrogens is 3. The molecule has 0 aliphatic rings. The van der Waals surface area contributed by atoms with Crippen LogP contribution in [-0.2, 0) is 23.8 Å². The van der Waals surface area contributed by atoms with E-state index in [-0.39, 0.29) is 29.4 Å². The minimum atomic E-state index is -0.428. The molecule has 4 rings (SSSR count).